The molecule has 2 aliphatic rings. The van der Waals surface area contributed by atoms with Crippen LogP contribution in [-0.2, 0) is 0 Å². The number of fused-ring (bicyclic) bond motifs is 1. The van der Waals surface area contributed by atoms with Gasteiger partial charge in [0.1, 0.15) is 0 Å². The van der Waals surface area contributed by atoms with Gasteiger partial charge < -0.3 is 10.3 Å². The van der Waals surface area contributed by atoms with Crippen LogP contribution >= 0.6 is 24.0 Å². The van der Waals surface area contributed by atoms with Gasteiger partial charge in [-0.3, -0.25) is 5.21 Å². The third-order valence-corrected chi connectivity index (χ3v) is 7.24. The Kier molecular flexibility index (Phi) is 6.04. The Morgan fingerprint density at radius 2 is 2.10 bits per heavy atom. The molecule has 4 rings (SSSR count). The second-order valence-electron chi connectivity index (χ2n) is 8.35. The van der Waals surface area contributed by atoms with Gasteiger partial charge in [0, 0.05) is 28.7 Å². The number of hydroxylamine groups is 2. The predicted molar refractivity (Wildman–Crippen MR) is 125 cm³/mol. The summed E-state index contributed by atoms with van der Waals surface area (Å²) in [6.07, 6.45) is 8.19. The highest BCUT2D eigenvalue weighted by molar-refractivity contribution is 8.24. The van der Waals surface area contributed by atoms with Crippen molar-refractivity contribution in [2.24, 2.45) is 5.10 Å². The maximum absolute atomic E-state index is 12.8. The SMILES string of the molecule is CC1(C)SC(=S)N(/N=C/c2c[nH]c3ccccc23)C1N(O)C(=O)NC1CCCCC1. The number of carbonyl (C=O) groups excluding carboxylic acids is 1. The van der Waals surface area contributed by atoms with Crippen molar-refractivity contribution >= 4 is 51.4 Å². The third-order valence-electron chi connectivity index (χ3n) is 5.71. The molecule has 9 heteroatoms. The van der Waals surface area contributed by atoms with Crippen molar-refractivity contribution in [3.05, 3.63) is 36.0 Å². The summed E-state index contributed by atoms with van der Waals surface area (Å²) in [5, 5.41) is 21.7. The molecule has 1 aromatic heterocycles. The number of nitrogens with one attached hydrogen (secondary N) is 2. The van der Waals surface area contributed by atoms with Crippen LogP contribution in [0.3, 0.4) is 0 Å². The van der Waals surface area contributed by atoms with E-state index < -0.39 is 16.9 Å². The number of hydrogen-bond donors (Lipinski definition) is 3. The van der Waals surface area contributed by atoms with Crippen LogP contribution in [0.15, 0.2) is 35.6 Å². The quantitative estimate of drug-likeness (QED) is 0.276. The van der Waals surface area contributed by atoms with Crippen LogP contribution in [0.5, 0.6) is 0 Å². The average Bonchev–Trinajstić information content (AvgIpc) is 3.23. The summed E-state index contributed by atoms with van der Waals surface area (Å²) in [6, 6.07) is 7.56. The van der Waals surface area contributed by atoms with Crippen LogP contribution in [0.1, 0.15) is 51.5 Å². The van der Waals surface area contributed by atoms with Crippen molar-refractivity contribution in [3.8, 4) is 0 Å². The first kappa shape index (κ1) is 21.1. The van der Waals surface area contributed by atoms with Gasteiger partial charge in [-0.2, -0.15) is 10.2 Å². The highest BCUT2D eigenvalue weighted by Crippen LogP contribution is 2.42. The Hall–Kier alpha value is -2.10. The van der Waals surface area contributed by atoms with Crippen LogP contribution in [0, 0.1) is 0 Å². The first-order valence-corrected chi connectivity index (χ1v) is 11.5. The van der Waals surface area contributed by atoms with Gasteiger partial charge in [-0.05, 0) is 32.8 Å². The van der Waals surface area contributed by atoms with Gasteiger partial charge in [0.2, 0.25) is 0 Å². The fourth-order valence-corrected chi connectivity index (χ4v) is 5.94. The van der Waals surface area contributed by atoms with Gasteiger partial charge in [0.15, 0.2) is 10.5 Å². The van der Waals surface area contributed by atoms with Crippen molar-refractivity contribution in [2.45, 2.75) is 62.9 Å². The van der Waals surface area contributed by atoms with Gasteiger partial charge in [-0.25, -0.2) is 9.80 Å². The van der Waals surface area contributed by atoms with E-state index in [9.17, 15) is 10.0 Å². The van der Waals surface area contributed by atoms with E-state index in [0.29, 0.717) is 4.32 Å². The smallest absolute Gasteiger partial charge is 0.343 e. The van der Waals surface area contributed by atoms with Crippen molar-refractivity contribution in [1.82, 2.24) is 20.4 Å². The first-order valence-electron chi connectivity index (χ1n) is 10.3. The summed E-state index contributed by atoms with van der Waals surface area (Å²) < 4.78 is -0.00146. The standard InChI is InChI=1S/C21H27N5O2S2/c1-21(2)18(26(28)19(27)24-15-8-4-3-5-9-15)25(20(29)30-21)23-13-14-12-22-17-11-7-6-10-16(14)17/h6-7,10-13,15,18,22,28H,3-5,8-9H2,1-2H3,(H,24,27)/b23-13+. The molecule has 1 atom stereocenters. The van der Waals surface area contributed by atoms with Gasteiger partial charge in [0.05, 0.1) is 11.0 Å². The van der Waals surface area contributed by atoms with Crippen LogP contribution in [-0.4, -0.2) is 53.8 Å². The number of thiocarbonyl (C=S) groups is 1. The fraction of sp³-hybridized carbons (Fsp3) is 0.476. The van der Waals surface area contributed by atoms with Crippen LogP contribution in [0.4, 0.5) is 4.79 Å². The maximum Gasteiger partial charge on any atom is 0.343 e. The van der Waals surface area contributed by atoms with E-state index >= 15 is 0 Å². The minimum absolute atomic E-state index is 0.105. The molecular weight excluding hydrogens is 418 g/mol. The van der Waals surface area contributed by atoms with Crippen molar-refractivity contribution in [3.63, 3.8) is 0 Å². The molecule has 1 unspecified atom stereocenters. The number of hydrazone groups is 1. The molecule has 1 aromatic carbocycles. The largest absolute Gasteiger partial charge is 0.361 e. The summed E-state index contributed by atoms with van der Waals surface area (Å²) in [4.78, 5) is 16.0. The highest BCUT2D eigenvalue weighted by atomic mass is 32.2. The second-order valence-corrected chi connectivity index (χ2v) is 10.6. The molecule has 2 fully saturated rings. The summed E-state index contributed by atoms with van der Waals surface area (Å²) in [5.74, 6) is 0. The minimum atomic E-state index is -0.708. The van der Waals surface area contributed by atoms with E-state index in [4.69, 9.17) is 12.2 Å². The Balaban J connectivity index is 1.54. The molecule has 1 aliphatic heterocycles. The molecule has 7 nitrogen and oxygen atoms in total. The number of nitrogens with zero attached hydrogens (tertiary/aromatic N) is 3. The molecule has 160 valence electrons. The average molecular weight is 446 g/mol. The normalized spacial score (nSPS) is 22.2. The molecule has 1 saturated carbocycles. The van der Waals surface area contributed by atoms with E-state index in [1.807, 2.05) is 44.3 Å². The number of amides is 2. The zero-order chi connectivity index (χ0) is 21.3. The summed E-state index contributed by atoms with van der Waals surface area (Å²) in [6.45, 7) is 3.90. The number of para-hydroxylation sites is 1. The molecule has 1 aliphatic carbocycles. The summed E-state index contributed by atoms with van der Waals surface area (Å²) in [5.41, 5.74) is 1.93. The van der Waals surface area contributed by atoms with E-state index in [2.05, 4.69) is 15.4 Å². The van der Waals surface area contributed by atoms with Gasteiger partial charge in [-0.15, -0.1) is 0 Å². The lowest BCUT2D eigenvalue weighted by Crippen LogP contribution is -2.57. The summed E-state index contributed by atoms with van der Waals surface area (Å²) >= 11 is 6.95. The highest BCUT2D eigenvalue weighted by Gasteiger charge is 2.50. The molecular formula is C21H27N5O2S2. The van der Waals surface area contributed by atoms with Gasteiger partial charge >= 0.3 is 6.03 Å². The molecule has 2 amide bonds. The molecule has 3 N–H and O–H groups in total. The van der Waals surface area contributed by atoms with Gasteiger partial charge in [0.25, 0.3) is 0 Å². The lowest BCUT2D eigenvalue weighted by Gasteiger charge is -2.35. The molecule has 2 heterocycles. The number of aromatic nitrogens is 1. The Bertz CT molecular complexity index is 967. The lowest BCUT2D eigenvalue weighted by atomic mass is 9.96. The maximum atomic E-state index is 12.8. The molecule has 1 saturated heterocycles. The molecule has 0 radical (unpaired) electrons. The minimum Gasteiger partial charge on any atom is -0.361 e. The van der Waals surface area contributed by atoms with E-state index in [0.717, 1.165) is 47.2 Å². The number of urea groups is 1. The Labute approximate surface area is 185 Å². The Morgan fingerprint density at radius 3 is 2.87 bits per heavy atom. The van der Waals surface area contributed by atoms with Crippen molar-refractivity contribution in [1.29, 1.82) is 0 Å². The molecule has 0 bridgehead atoms. The van der Waals surface area contributed by atoms with Crippen LogP contribution < -0.4 is 5.32 Å². The topological polar surface area (TPSA) is 84.0 Å². The number of benzene rings is 1. The van der Waals surface area contributed by atoms with Crippen molar-refractivity contribution in [2.75, 3.05) is 0 Å². The predicted octanol–water partition coefficient (Wildman–Crippen LogP) is 4.67. The molecule has 30 heavy (non-hydrogen) atoms. The number of aromatic amines is 1. The zero-order valence-corrected chi connectivity index (χ0v) is 18.8. The second kappa shape index (κ2) is 8.56. The van der Waals surface area contributed by atoms with Crippen molar-refractivity contribution < 1.29 is 10.0 Å². The van der Waals surface area contributed by atoms with Crippen LogP contribution in [0.2, 0.25) is 0 Å². The van der Waals surface area contributed by atoms with Gasteiger partial charge in [-0.1, -0.05) is 61.4 Å². The van der Waals surface area contributed by atoms with E-state index in [-0.39, 0.29) is 6.04 Å². The number of carbonyl (C=O) groups is 1. The number of hydrogen-bond acceptors (Lipinski definition) is 5. The number of thioether (sulfide) groups is 1. The zero-order valence-electron chi connectivity index (χ0n) is 17.2. The fourth-order valence-electron chi connectivity index (χ4n) is 4.15. The van der Waals surface area contributed by atoms with E-state index in [1.165, 1.54) is 18.2 Å². The Morgan fingerprint density at radius 1 is 1.37 bits per heavy atom. The number of rotatable bonds is 4. The first-order chi connectivity index (χ1) is 14.4. The third kappa shape index (κ3) is 4.19. The summed E-state index contributed by atoms with van der Waals surface area (Å²) in [7, 11) is 0. The molecule has 2 aromatic rings. The number of H-pyrrole nitrogens is 1. The monoisotopic (exact) mass is 445 g/mol. The lowest BCUT2D eigenvalue weighted by molar-refractivity contribution is -0.119. The molecule has 0 spiro atoms. The van der Waals surface area contributed by atoms with E-state index in [1.54, 1.807) is 11.2 Å². The van der Waals surface area contributed by atoms with Crippen LogP contribution in [0.25, 0.3) is 10.9 Å².